The van der Waals surface area contributed by atoms with Gasteiger partial charge in [-0.05, 0) is 18.6 Å². The standard InChI is InChI=1S/C8H10O/c1-6-4-5-9-8(3)7(6)2/h4H,2-3,5H2,1H3. The van der Waals surface area contributed by atoms with Gasteiger partial charge >= 0.3 is 0 Å². The third-order valence-electron chi connectivity index (χ3n) is 1.46. The highest BCUT2D eigenvalue weighted by Gasteiger charge is 2.06. The summed E-state index contributed by atoms with van der Waals surface area (Å²) in [5.74, 6) is 0.704. The minimum atomic E-state index is 0.643. The molecule has 1 aliphatic heterocycles. The van der Waals surface area contributed by atoms with Crippen molar-refractivity contribution in [3.8, 4) is 0 Å². The molecular formula is C8H10O. The molecule has 1 nitrogen and oxygen atoms in total. The Bertz CT molecular complexity index is 187. The van der Waals surface area contributed by atoms with E-state index in [9.17, 15) is 0 Å². The van der Waals surface area contributed by atoms with Gasteiger partial charge in [0.05, 0.1) is 0 Å². The first-order valence-corrected chi connectivity index (χ1v) is 2.90. The van der Waals surface area contributed by atoms with Crippen molar-refractivity contribution in [2.75, 3.05) is 6.61 Å². The van der Waals surface area contributed by atoms with Crippen LogP contribution < -0.4 is 0 Å². The van der Waals surface area contributed by atoms with Gasteiger partial charge in [0, 0.05) is 5.57 Å². The summed E-state index contributed by atoms with van der Waals surface area (Å²) in [6, 6.07) is 0. The van der Waals surface area contributed by atoms with Gasteiger partial charge < -0.3 is 4.74 Å². The molecule has 9 heavy (non-hydrogen) atoms. The molecule has 0 aromatic rings. The second kappa shape index (κ2) is 2.09. The molecular weight excluding hydrogens is 112 g/mol. The van der Waals surface area contributed by atoms with E-state index >= 15 is 0 Å². The van der Waals surface area contributed by atoms with Gasteiger partial charge in [0.15, 0.2) is 0 Å². The molecule has 0 radical (unpaired) electrons. The average Bonchev–Trinajstić information content (AvgIpc) is 1.83. The molecule has 0 saturated carbocycles. The predicted octanol–water partition coefficient (Wildman–Crippen LogP) is 2.03. The first-order valence-electron chi connectivity index (χ1n) is 2.90. The van der Waals surface area contributed by atoms with Crippen LogP contribution in [0.2, 0.25) is 0 Å². The van der Waals surface area contributed by atoms with Crippen LogP contribution in [0.25, 0.3) is 0 Å². The van der Waals surface area contributed by atoms with Crippen molar-refractivity contribution in [3.63, 3.8) is 0 Å². The molecule has 0 fully saturated rings. The summed E-state index contributed by atoms with van der Waals surface area (Å²) in [5.41, 5.74) is 2.09. The monoisotopic (exact) mass is 122 g/mol. The lowest BCUT2D eigenvalue weighted by Gasteiger charge is -2.15. The lowest BCUT2D eigenvalue weighted by atomic mass is 10.1. The zero-order valence-corrected chi connectivity index (χ0v) is 5.61. The molecule has 0 bridgehead atoms. The lowest BCUT2D eigenvalue weighted by Crippen LogP contribution is -2.02. The van der Waals surface area contributed by atoms with E-state index < -0.39 is 0 Å². The summed E-state index contributed by atoms with van der Waals surface area (Å²) in [6.45, 7) is 10.1. The fourth-order valence-corrected chi connectivity index (χ4v) is 0.697. The maximum Gasteiger partial charge on any atom is 0.119 e. The van der Waals surface area contributed by atoms with Crippen molar-refractivity contribution in [3.05, 3.63) is 36.1 Å². The molecule has 0 unspecified atom stereocenters. The second-order valence-corrected chi connectivity index (χ2v) is 2.10. The Morgan fingerprint density at radius 1 is 1.56 bits per heavy atom. The van der Waals surface area contributed by atoms with E-state index in [4.69, 9.17) is 4.74 Å². The molecule has 48 valence electrons. The van der Waals surface area contributed by atoms with Gasteiger partial charge in [-0.1, -0.05) is 13.2 Å². The Morgan fingerprint density at radius 2 is 2.22 bits per heavy atom. The summed E-state index contributed by atoms with van der Waals surface area (Å²) < 4.78 is 5.09. The third kappa shape index (κ3) is 1.04. The van der Waals surface area contributed by atoms with Crippen molar-refractivity contribution >= 4 is 0 Å². The second-order valence-electron chi connectivity index (χ2n) is 2.10. The normalized spacial score (nSPS) is 19.0. The zero-order valence-electron chi connectivity index (χ0n) is 5.61. The van der Waals surface area contributed by atoms with E-state index in [1.165, 1.54) is 5.57 Å². The molecule has 0 atom stereocenters. The fourth-order valence-electron chi connectivity index (χ4n) is 0.697. The molecule has 0 N–H and O–H groups in total. The summed E-state index contributed by atoms with van der Waals surface area (Å²) in [4.78, 5) is 0. The number of ether oxygens (including phenoxy) is 1. The molecule has 0 spiro atoms. The van der Waals surface area contributed by atoms with Crippen molar-refractivity contribution in [1.82, 2.24) is 0 Å². The first-order chi connectivity index (χ1) is 4.22. The maximum atomic E-state index is 5.09. The lowest BCUT2D eigenvalue weighted by molar-refractivity contribution is 0.251. The van der Waals surface area contributed by atoms with E-state index in [0.717, 1.165) is 5.57 Å². The van der Waals surface area contributed by atoms with Gasteiger partial charge in [-0.15, -0.1) is 0 Å². The van der Waals surface area contributed by atoms with Gasteiger partial charge in [-0.2, -0.15) is 0 Å². The highest BCUT2D eigenvalue weighted by atomic mass is 16.5. The quantitative estimate of drug-likeness (QED) is 0.477. The van der Waals surface area contributed by atoms with Crippen molar-refractivity contribution in [1.29, 1.82) is 0 Å². The smallest absolute Gasteiger partial charge is 0.119 e. The highest BCUT2D eigenvalue weighted by Crippen LogP contribution is 2.20. The minimum Gasteiger partial charge on any atom is -0.490 e. The Hall–Kier alpha value is -0.980. The van der Waals surface area contributed by atoms with Crippen LogP contribution in [0.3, 0.4) is 0 Å². The van der Waals surface area contributed by atoms with Crippen LogP contribution in [0.5, 0.6) is 0 Å². The summed E-state index contributed by atoms with van der Waals surface area (Å²) >= 11 is 0. The molecule has 0 aliphatic carbocycles. The van der Waals surface area contributed by atoms with Gasteiger partial charge in [0.2, 0.25) is 0 Å². The molecule has 0 saturated heterocycles. The van der Waals surface area contributed by atoms with Gasteiger partial charge in [0.1, 0.15) is 12.4 Å². The van der Waals surface area contributed by atoms with Gasteiger partial charge in [-0.25, -0.2) is 0 Å². The van der Waals surface area contributed by atoms with Crippen molar-refractivity contribution < 1.29 is 4.74 Å². The highest BCUT2D eigenvalue weighted by molar-refractivity contribution is 5.40. The van der Waals surface area contributed by atoms with Gasteiger partial charge in [0.25, 0.3) is 0 Å². The first kappa shape index (κ1) is 6.14. The largest absolute Gasteiger partial charge is 0.490 e. The summed E-state index contributed by atoms with van der Waals surface area (Å²) in [6.07, 6.45) is 2.00. The van der Waals surface area contributed by atoms with Crippen LogP contribution in [-0.4, -0.2) is 6.61 Å². The van der Waals surface area contributed by atoms with Crippen LogP contribution in [0.15, 0.2) is 36.1 Å². The number of rotatable bonds is 0. The Labute approximate surface area is 55.3 Å². The fraction of sp³-hybridized carbons (Fsp3) is 0.250. The van der Waals surface area contributed by atoms with Crippen molar-refractivity contribution in [2.24, 2.45) is 0 Å². The van der Waals surface area contributed by atoms with E-state index in [0.29, 0.717) is 12.4 Å². The number of hydrogen-bond acceptors (Lipinski definition) is 1. The predicted molar refractivity (Wildman–Crippen MR) is 38.0 cm³/mol. The van der Waals surface area contributed by atoms with Crippen LogP contribution in [-0.2, 0) is 4.74 Å². The molecule has 1 rings (SSSR count). The van der Waals surface area contributed by atoms with Crippen LogP contribution in [0, 0.1) is 0 Å². The molecule has 1 heteroatoms. The summed E-state index contributed by atoms with van der Waals surface area (Å²) in [5, 5.41) is 0. The SMILES string of the molecule is C=C1OCC=C(C)C1=C. The average molecular weight is 122 g/mol. The Kier molecular flexibility index (Phi) is 1.43. The topological polar surface area (TPSA) is 9.23 Å². The molecule has 1 aliphatic rings. The summed E-state index contributed by atoms with van der Waals surface area (Å²) in [7, 11) is 0. The third-order valence-corrected chi connectivity index (χ3v) is 1.46. The van der Waals surface area contributed by atoms with Gasteiger partial charge in [-0.3, -0.25) is 0 Å². The molecule has 0 aromatic heterocycles. The number of hydrogen-bond donors (Lipinski definition) is 0. The van der Waals surface area contributed by atoms with Crippen LogP contribution in [0.1, 0.15) is 6.92 Å². The molecule has 0 aromatic carbocycles. The maximum absolute atomic E-state index is 5.09. The van der Waals surface area contributed by atoms with Crippen LogP contribution in [0.4, 0.5) is 0 Å². The Balaban J connectivity index is 2.86. The molecule has 0 amide bonds. The Morgan fingerprint density at radius 3 is 2.67 bits per heavy atom. The van der Waals surface area contributed by atoms with E-state index in [1.54, 1.807) is 0 Å². The van der Waals surface area contributed by atoms with E-state index in [2.05, 4.69) is 13.2 Å². The minimum absolute atomic E-state index is 0.643. The van der Waals surface area contributed by atoms with E-state index in [1.807, 2.05) is 13.0 Å². The van der Waals surface area contributed by atoms with E-state index in [-0.39, 0.29) is 0 Å². The number of allylic oxidation sites excluding steroid dienone is 1. The van der Waals surface area contributed by atoms with Crippen LogP contribution >= 0.6 is 0 Å². The van der Waals surface area contributed by atoms with Crippen molar-refractivity contribution in [2.45, 2.75) is 6.92 Å². The zero-order chi connectivity index (χ0) is 6.85. The molecule has 1 heterocycles.